The van der Waals surface area contributed by atoms with Gasteiger partial charge in [0.05, 0.1) is 5.69 Å². The van der Waals surface area contributed by atoms with Crippen LogP contribution in [0.2, 0.25) is 0 Å². The molecule has 0 aromatic heterocycles. The van der Waals surface area contributed by atoms with E-state index in [1.807, 2.05) is 0 Å². The molecule has 0 fully saturated rings. The van der Waals surface area contributed by atoms with E-state index in [2.05, 4.69) is 0 Å². The van der Waals surface area contributed by atoms with Crippen molar-refractivity contribution >= 4 is 18.6 Å². The minimum absolute atomic E-state index is 0.0511. The van der Waals surface area contributed by atoms with Crippen LogP contribution >= 0.6 is 0 Å². The van der Waals surface area contributed by atoms with Gasteiger partial charge in [-0.05, 0) is 12.1 Å². The first kappa shape index (κ1) is 6.96. The van der Waals surface area contributed by atoms with Crippen LogP contribution in [0, 0.1) is 0 Å². The molecule has 0 unspecified atom stereocenters. The number of phenolic OH excluding ortho intramolecular Hbond substituents is 1. The Labute approximate surface area is 59.4 Å². The molecule has 0 saturated carbocycles. The van der Waals surface area contributed by atoms with Gasteiger partial charge in [0.15, 0.2) is 0 Å². The van der Waals surface area contributed by atoms with Crippen LogP contribution in [-0.4, -0.2) is 17.6 Å². The molecule has 0 aliphatic carbocycles. The lowest BCUT2D eigenvalue weighted by molar-refractivity contribution is 0.478. The Balaban J connectivity index is 3.04. The molecule has 0 radical (unpaired) electrons. The van der Waals surface area contributed by atoms with Gasteiger partial charge in [0.1, 0.15) is 5.75 Å². The standard InChI is InChI=1S/C6H8BNO2/c8-5-3-4(7-10)1-2-6(5)9/h1-3,7,9-10H,8H2. The van der Waals surface area contributed by atoms with Crippen LogP contribution < -0.4 is 11.2 Å². The van der Waals surface area contributed by atoms with Crippen molar-refractivity contribution in [3.63, 3.8) is 0 Å². The Hall–Kier alpha value is -1.16. The SMILES string of the molecule is Nc1cc(BO)ccc1O. The van der Waals surface area contributed by atoms with Crippen molar-refractivity contribution in [1.82, 2.24) is 0 Å². The van der Waals surface area contributed by atoms with E-state index in [0.29, 0.717) is 11.2 Å². The number of nitrogens with two attached hydrogens (primary N) is 1. The van der Waals surface area contributed by atoms with E-state index in [1.165, 1.54) is 12.1 Å². The van der Waals surface area contributed by atoms with Crippen molar-refractivity contribution in [2.45, 2.75) is 0 Å². The molecule has 0 saturated heterocycles. The van der Waals surface area contributed by atoms with E-state index in [0.717, 1.165) is 0 Å². The van der Waals surface area contributed by atoms with Gasteiger partial charge in [-0.3, -0.25) is 0 Å². The molecular weight excluding hydrogens is 129 g/mol. The van der Waals surface area contributed by atoms with Crippen LogP contribution in [0.3, 0.4) is 0 Å². The predicted molar refractivity (Wildman–Crippen MR) is 41.5 cm³/mol. The molecule has 0 amide bonds. The third-order valence-corrected chi connectivity index (χ3v) is 1.27. The largest absolute Gasteiger partial charge is 0.506 e. The van der Waals surface area contributed by atoms with Gasteiger partial charge in [-0.15, -0.1) is 0 Å². The number of aromatic hydroxyl groups is 1. The molecule has 0 bridgehead atoms. The maximum absolute atomic E-state index is 8.93. The molecule has 0 heterocycles. The minimum atomic E-state index is -0.0511. The molecule has 0 spiro atoms. The average Bonchev–Trinajstić information content (AvgIpc) is 1.95. The molecule has 52 valence electrons. The zero-order valence-electron chi connectivity index (χ0n) is 5.41. The highest BCUT2D eigenvalue weighted by Crippen LogP contribution is 2.15. The molecule has 0 aliphatic rings. The predicted octanol–water partition coefficient (Wildman–Crippen LogP) is -1.06. The van der Waals surface area contributed by atoms with Gasteiger partial charge in [0.2, 0.25) is 0 Å². The number of hydrogen-bond donors (Lipinski definition) is 3. The maximum atomic E-state index is 8.93. The minimum Gasteiger partial charge on any atom is -0.506 e. The number of benzene rings is 1. The zero-order chi connectivity index (χ0) is 7.56. The third-order valence-electron chi connectivity index (χ3n) is 1.27. The molecule has 0 atom stereocenters. The second-order valence-electron chi connectivity index (χ2n) is 2.05. The Kier molecular flexibility index (Phi) is 1.82. The van der Waals surface area contributed by atoms with Crippen molar-refractivity contribution in [2.75, 3.05) is 5.73 Å². The summed E-state index contributed by atoms with van der Waals surface area (Å²) in [5, 5.41) is 17.5. The molecule has 1 rings (SSSR count). The molecule has 0 aliphatic heterocycles. The first-order chi connectivity index (χ1) is 4.74. The first-order valence-corrected chi connectivity index (χ1v) is 2.92. The fourth-order valence-corrected chi connectivity index (χ4v) is 0.702. The van der Waals surface area contributed by atoms with Crippen LogP contribution in [0.5, 0.6) is 5.75 Å². The van der Waals surface area contributed by atoms with Crippen molar-refractivity contribution in [3.05, 3.63) is 18.2 Å². The second-order valence-corrected chi connectivity index (χ2v) is 2.05. The van der Waals surface area contributed by atoms with E-state index in [-0.39, 0.29) is 13.2 Å². The van der Waals surface area contributed by atoms with Gasteiger partial charge in [-0.1, -0.05) is 11.5 Å². The van der Waals surface area contributed by atoms with Gasteiger partial charge >= 0.3 is 7.48 Å². The molecular formula is C6H8BNO2. The van der Waals surface area contributed by atoms with Crippen molar-refractivity contribution in [3.8, 4) is 5.75 Å². The number of phenols is 1. The monoisotopic (exact) mass is 137 g/mol. The summed E-state index contributed by atoms with van der Waals surface area (Å²) in [5.41, 5.74) is 6.34. The van der Waals surface area contributed by atoms with Gasteiger partial charge in [-0.2, -0.15) is 0 Å². The third kappa shape index (κ3) is 1.22. The van der Waals surface area contributed by atoms with E-state index < -0.39 is 0 Å². The average molecular weight is 137 g/mol. The Bertz CT molecular complexity index is 239. The quantitative estimate of drug-likeness (QED) is 0.262. The smallest absolute Gasteiger partial charge is 0.304 e. The van der Waals surface area contributed by atoms with Crippen LogP contribution in [0.1, 0.15) is 0 Å². The summed E-state index contributed by atoms with van der Waals surface area (Å²) in [4.78, 5) is 0. The lowest BCUT2D eigenvalue weighted by Crippen LogP contribution is -2.13. The van der Waals surface area contributed by atoms with Crippen LogP contribution in [-0.2, 0) is 0 Å². The molecule has 10 heavy (non-hydrogen) atoms. The van der Waals surface area contributed by atoms with Gasteiger partial charge in [0, 0.05) is 0 Å². The number of nitrogen functional groups attached to an aromatic ring is 1. The number of rotatable bonds is 1. The molecule has 1 aromatic carbocycles. The van der Waals surface area contributed by atoms with E-state index in [1.54, 1.807) is 6.07 Å². The highest BCUT2D eigenvalue weighted by Gasteiger charge is 1.97. The van der Waals surface area contributed by atoms with Crippen molar-refractivity contribution in [1.29, 1.82) is 0 Å². The normalized spacial score (nSPS) is 9.30. The molecule has 4 heteroatoms. The van der Waals surface area contributed by atoms with Crippen LogP contribution in [0.4, 0.5) is 5.69 Å². The zero-order valence-corrected chi connectivity index (χ0v) is 5.41. The number of hydrogen-bond acceptors (Lipinski definition) is 3. The van der Waals surface area contributed by atoms with E-state index >= 15 is 0 Å². The van der Waals surface area contributed by atoms with E-state index in [4.69, 9.17) is 15.9 Å². The fourth-order valence-electron chi connectivity index (χ4n) is 0.702. The van der Waals surface area contributed by atoms with Gasteiger partial charge in [0.25, 0.3) is 0 Å². The van der Waals surface area contributed by atoms with Gasteiger partial charge < -0.3 is 15.9 Å². The van der Waals surface area contributed by atoms with Crippen molar-refractivity contribution < 1.29 is 10.1 Å². The molecule has 3 nitrogen and oxygen atoms in total. The summed E-state index contributed by atoms with van der Waals surface area (Å²) in [6, 6.07) is 4.61. The summed E-state index contributed by atoms with van der Waals surface area (Å²) >= 11 is 0. The number of anilines is 1. The van der Waals surface area contributed by atoms with E-state index in [9.17, 15) is 0 Å². The topological polar surface area (TPSA) is 66.5 Å². The lowest BCUT2D eigenvalue weighted by Gasteiger charge is -1.98. The highest BCUT2D eigenvalue weighted by molar-refractivity contribution is 6.45. The van der Waals surface area contributed by atoms with Gasteiger partial charge in [-0.25, -0.2) is 0 Å². The van der Waals surface area contributed by atoms with Crippen molar-refractivity contribution in [2.24, 2.45) is 0 Å². The Morgan fingerprint density at radius 3 is 2.60 bits per heavy atom. The summed E-state index contributed by atoms with van der Waals surface area (Å²) in [5.74, 6) is 0.0530. The summed E-state index contributed by atoms with van der Waals surface area (Å²) in [6.07, 6.45) is 0. The fraction of sp³-hybridized carbons (Fsp3) is 0. The molecule has 4 N–H and O–H groups in total. The Morgan fingerprint density at radius 1 is 1.40 bits per heavy atom. The summed E-state index contributed by atoms with van der Waals surface area (Å²) in [6.45, 7) is 0. The Morgan fingerprint density at radius 2 is 2.10 bits per heavy atom. The first-order valence-electron chi connectivity index (χ1n) is 2.92. The lowest BCUT2D eigenvalue weighted by atomic mass is 9.88. The maximum Gasteiger partial charge on any atom is 0.304 e. The van der Waals surface area contributed by atoms with Crippen LogP contribution in [0.15, 0.2) is 18.2 Å². The second kappa shape index (κ2) is 2.62. The van der Waals surface area contributed by atoms with Crippen LogP contribution in [0.25, 0.3) is 0 Å². The summed E-state index contributed by atoms with van der Waals surface area (Å²) in [7, 11) is -0.0511. The highest BCUT2D eigenvalue weighted by atomic mass is 16.3. The summed E-state index contributed by atoms with van der Waals surface area (Å²) < 4.78 is 0. The molecule has 1 aromatic rings.